The Morgan fingerprint density at radius 1 is 0.885 bits per heavy atom. The number of methoxy groups -OCH3 is 4. The van der Waals surface area contributed by atoms with Gasteiger partial charge in [-0.05, 0) is 36.8 Å². The largest absolute Gasteiger partial charge is 0.497 e. The molecule has 140 valence electrons. The van der Waals surface area contributed by atoms with Gasteiger partial charge in [0.2, 0.25) is 5.75 Å². The normalized spacial score (nSPS) is 11.0. The van der Waals surface area contributed by atoms with Crippen molar-refractivity contribution >= 4 is 11.6 Å². The van der Waals surface area contributed by atoms with E-state index in [9.17, 15) is 0 Å². The highest BCUT2D eigenvalue weighted by Crippen LogP contribution is 2.39. The molecule has 0 fully saturated rings. The maximum absolute atomic E-state index is 5.94. The van der Waals surface area contributed by atoms with E-state index >= 15 is 0 Å². The lowest BCUT2D eigenvalue weighted by atomic mass is 10.1. The van der Waals surface area contributed by atoms with Crippen LogP contribution in [-0.2, 0) is 6.42 Å². The third-order valence-corrected chi connectivity index (χ3v) is 3.81. The van der Waals surface area contributed by atoms with Crippen molar-refractivity contribution < 1.29 is 18.9 Å². The van der Waals surface area contributed by atoms with Gasteiger partial charge in [0.1, 0.15) is 5.75 Å². The highest BCUT2D eigenvalue weighted by Gasteiger charge is 2.15. The van der Waals surface area contributed by atoms with E-state index in [0.717, 1.165) is 17.0 Å². The van der Waals surface area contributed by atoms with Gasteiger partial charge in [-0.3, -0.25) is 4.99 Å². The van der Waals surface area contributed by atoms with Gasteiger partial charge in [-0.1, -0.05) is 6.07 Å². The van der Waals surface area contributed by atoms with Crippen LogP contribution >= 0.6 is 0 Å². The van der Waals surface area contributed by atoms with E-state index in [0.29, 0.717) is 36.2 Å². The van der Waals surface area contributed by atoms with Gasteiger partial charge in [0, 0.05) is 17.8 Å². The van der Waals surface area contributed by atoms with Gasteiger partial charge in [-0.25, -0.2) is 0 Å². The fraction of sp³-hybridized carbons (Fsp3) is 0.316. The summed E-state index contributed by atoms with van der Waals surface area (Å²) in [5, 5.41) is 3.05. The molecule has 2 rings (SSSR count). The molecular weight excluding hydrogens is 334 g/mol. The van der Waals surface area contributed by atoms with Crippen LogP contribution < -0.4 is 30.0 Å². The number of hydrogen-bond acceptors (Lipinski definition) is 5. The number of rotatable bonds is 8. The van der Waals surface area contributed by atoms with Crippen LogP contribution in [0.5, 0.6) is 23.0 Å². The summed E-state index contributed by atoms with van der Waals surface area (Å²) in [6.07, 6.45) is 0.647. The van der Waals surface area contributed by atoms with Crippen molar-refractivity contribution in [1.29, 1.82) is 0 Å². The van der Waals surface area contributed by atoms with E-state index in [1.165, 1.54) is 0 Å². The summed E-state index contributed by atoms with van der Waals surface area (Å²) in [4.78, 5) is 4.36. The molecule has 0 radical (unpaired) electrons. The van der Waals surface area contributed by atoms with Crippen LogP contribution in [0.2, 0.25) is 0 Å². The molecular formula is C19H25N3O4. The number of hydrogen-bond donors (Lipinski definition) is 2. The van der Waals surface area contributed by atoms with E-state index < -0.39 is 0 Å². The molecule has 0 unspecified atom stereocenters. The first-order valence-electron chi connectivity index (χ1n) is 8.11. The Bertz CT molecular complexity index is 745. The van der Waals surface area contributed by atoms with Crippen LogP contribution in [0.15, 0.2) is 41.4 Å². The summed E-state index contributed by atoms with van der Waals surface area (Å²) in [5.41, 5.74) is 7.75. The molecule has 0 amide bonds. The Morgan fingerprint density at radius 2 is 1.58 bits per heavy atom. The Hall–Kier alpha value is -3.09. The maximum Gasteiger partial charge on any atom is 0.203 e. The zero-order valence-electron chi connectivity index (χ0n) is 15.5. The van der Waals surface area contributed by atoms with E-state index in [4.69, 9.17) is 24.7 Å². The summed E-state index contributed by atoms with van der Waals surface area (Å²) in [6.45, 7) is 0.501. The lowest BCUT2D eigenvalue weighted by Gasteiger charge is -2.15. The average Bonchev–Trinajstić information content (AvgIpc) is 2.67. The molecule has 3 N–H and O–H groups in total. The Morgan fingerprint density at radius 3 is 2.15 bits per heavy atom. The van der Waals surface area contributed by atoms with E-state index in [2.05, 4.69) is 10.3 Å². The average molecular weight is 359 g/mol. The van der Waals surface area contributed by atoms with Gasteiger partial charge in [-0.2, -0.15) is 0 Å². The highest BCUT2D eigenvalue weighted by molar-refractivity contribution is 5.92. The van der Waals surface area contributed by atoms with Crippen molar-refractivity contribution in [2.24, 2.45) is 10.7 Å². The van der Waals surface area contributed by atoms with Crippen LogP contribution in [-0.4, -0.2) is 40.9 Å². The number of ether oxygens (including phenoxy) is 4. The second-order valence-corrected chi connectivity index (χ2v) is 5.36. The van der Waals surface area contributed by atoms with Crippen molar-refractivity contribution in [3.8, 4) is 23.0 Å². The predicted molar refractivity (Wildman–Crippen MR) is 103 cm³/mol. The minimum atomic E-state index is 0.342. The summed E-state index contributed by atoms with van der Waals surface area (Å²) < 4.78 is 21.3. The molecule has 0 heterocycles. The summed E-state index contributed by atoms with van der Waals surface area (Å²) in [7, 11) is 6.40. The third-order valence-electron chi connectivity index (χ3n) is 3.81. The smallest absolute Gasteiger partial charge is 0.203 e. The van der Waals surface area contributed by atoms with Crippen LogP contribution in [0.3, 0.4) is 0 Å². The van der Waals surface area contributed by atoms with Crippen molar-refractivity contribution in [2.45, 2.75) is 6.42 Å². The molecule has 0 spiro atoms. The second-order valence-electron chi connectivity index (χ2n) is 5.36. The molecule has 0 aromatic heterocycles. The SMILES string of the molecule is COc1ccc(NC(N)=NCCc2ccc(OC)c(OC)c2OC)cc1. The van der Waals surface area contributed by atoms with E-state index in [1.54, 1.807) is 28.4 Å². The fourth-order valence-electron chi connectivity index (χ4n) is 2.52. The molecule has 7 heteroatoms. The van der Waals surface area contributed by atoms with Gasteiger partial charge in [-0.15, -0.1) is 0 Å². The zero-order chi connectivity index (χ0) is 18.9. The van der Waals surface area contributed by atoms with E-state index in [1.807, 2.05) is 36.4 Å². The van der Waals surface area contributed by atoms with Gasteiger partial charge in [0.25, 0.3) is 0 Å². The summed E-state index contributed by atoms with van der Waals surface area (Å²) in [6, 6.07) is 11.2. The molecule has 2 aromatic rings. The number of nitrogens with two attached hydrogens (primary N) is 1. The fourth-order valence-corrected chi connectivity index (χ4v) is 2.52. The summed E-state index contributed by atoms with van der Waals surface area (Å²) in [5.74, 6) is 2.96. The van der Waals surface area contributed by atoms with Gasteiger partial charge < -0.3 is 30.0 Å². The number of nitrogens with one attached hydrogen (secondary N) is 1. The predicted octanol–water partition coefficient (Wildman–Crippen LogP) is 2.69. The molecule has 0 saturated heterocycles. The molecule has 0 bridgehead atoms. The molecule has 26 heavy (non-hydrogen) atoms. The topological polar surface area (TPSA) is 87.3 Å². The van der Waals surface area contributed by atoms with Crippen LogP contribution in [0, 0.1) is 0 Å². The van der Waals surface area contributed by atoms with Gasteiger partial charge in [0.15, 0.2) is 17.5 Å². The third kappa shape index (κ3) is 4.72. The minimum Gasteiger partial charge on any atom is -0.497 e. The lowest BCUT2D eigenvalue weighted by molar-refractivity contribution is 0.322. The maximum atomic E-state index is 5.94. The number of benzene rings is 2. The Balaban J connectivity index is 2.02. The molecule has 7 nitrogen and oxygen atoms in total. The number of aliphatic imine (C=N–C) groups is 1. The Kier molecular flexibility index (Phi) is 6.96. The molecule has 0 atom stereocenters. The number of nitrogens with zero attached hydrogens (tertiary/aromatic N) is 1. The van der Waals surface area contributed by atoms with Crippen LogP contribution in [0.4, 0.5) is 5.69 Å². The highest BCUT2D eigenvalue weighted by atomic mass is 16.5. The van der Waals surface area contributed by atoms with Gasteiger partial charge in [0.05, 0.1) is 28.4 Å². The van der Waals surface area contributed by atoms with Crippen molar-refractivity contribution in [1.82, 2.24) is 0 Å². The first-order chi connectivity index (χ1) is 12.6. The van der Waals surface area contributed by atoms with Crippen molar-refractivity contribution in [3.05, 3.63) is 42.0 Å². The molecule has 0 aliphatic heterocycles. The molecule has 0 aliphatic rings. The second kappa shape index (κ2) is 9.41. The zero-order valence-corrected chi connectivity index (χ0v) is 15.5. The van der Waals surface area contributed by atoms with Crippen molar-refractivity contribution in [3.63, 3.8) is 0 Å². The van der Waals surface area contributed by atoms with Gasteiger partial charge >= 0.3 is 0 Å². The molecule has 0 saturated carbocycles. The Labute approximate surface area is 153 Å². The van der Waals surface area contributed by atoms with Crippen molar-refractivity contribution in [2.75, 3.05) is 40.3 Å². The monoisotopic (exact) mass is 359 g/mol. The van der Waals surface area contributed by atoms with Crippen LogP contribution in [0.25, 0.3) is 0 Å². The quantitative estimate of drug-likeness (QED) is 0.557. The van der Waals surface area contributed by atoms with Crippen LogP contribution in [0.1, 0.15) is 5.56 Å². The number of guanidine groups is 1. The minimum absolute atomic E-state index is 0.342. The first kappa shape index (κ1) is 19.2. The first-order valence-corrected chi connectivity index (χ1v) is 8.11. The van der Waals surface area contributed by atoms with E-state index in [-0.39, 0.29) is 0 Å². The number of anilines is 1. The summed E-state index contributed by atoms with van der Waals surface area (Å²) >= 11 is 0. The molecule has 2 aromatic carbocycles. The molecule has 0 aliphatic carbocycles. The lowest BCUT2D eigenvalue weighted by Crippen LogP contribution is -2.23. The standard InChI is InChI=1S/C19H25N3O4/c1-23-15-8-6-14(7-9-15)22-19(20)21-12-11-13-5-10-16(24-2)18(26-4)17(13)25-3/h5-10H,11-12H2,1-4H3,(H3,20,21,22).